The number of aliphatic hydroxyl groups excluding tert-OH is 1. The Morgan fingerprint density at radius 1 is 1.35 bits per heavy atom. The third kappa shape index (κ3) is 3.15. The first-order chi connectivity index (χ1) is 10.9. The molecule has 7 heteroatoms. The molecule has 23 heavy (non-hydrogen) atoms. The number of hydrogen-bond donors (Lipinski definition) is 1. The van der Waals surface area contributed by atoms with Crippen molar-refractivity contribution in [3.05, 3.63) is 29.6 Å². The second kappa shape index (κ2) is 6.47. The highest BCUT2D eigenvalue weighted by molar-refractivity contribution is 7.89. The van der Waals surface area contributed by atoms with E-state index in [0.29, 0.717) is 12.0 Å². The van der Waals surface area contributed by atoms with Crippen molar-refractivity contribution in [2.24, 2.45) is 5.92 Å². The molecule has 0 radical (unpaired) electrons. The van der Waals surface area contributed by atoms with E-state index in [9.17, 15) is 17.9 Å². The molecule has 1 aliphatic carbocycles. The van der Waals surface area contributed by atoms with E-state index in [4.69, 9.17) is 4.74 Å². The lowest BCUT2D eigenvalue weighted by atomic mass is 9.96. The second-order valence-corrected chi connectivity index (χ2v) is 8.21. The lowest BCUT2D eigenvalue weighted by Crippen LogP contribution is -2.53. The van der Waals surface area contributed by atoms with E-state index < -0.39 is 28.0 Å². The van der Waals surface area contributed by atoms with E-state index in [1.54, 1.807) is 13.0 Å². The number of rotatable bonds is 3. The van der Waals surface area contributed by atoms with Crippen molar-refractivity contribution in [1.29, 1.82) is 0 Å². The summed E-state index contributed by atoms with van der Waals surface area (Å²) in [5.74, 6) is -0.897. The molecule has 3 unspecified atom stereocenters. The molecule has 1 N–H and O–H groups in total. The van der Waals surface area contributed by atoms with Gasteiger partial charge < -0.3 is 9.84 Å². The molecule has 1 saturated carbocycles. The van der Waals surface area contributed by atoms with Crippen molar-refractivity contribution in [2.75, 3.05) is 19.8 Å². The van der Waals surface area contributed by atoms with E-state index in [1.807, 2.05) is 0 Å². The van der Waals surface area contributed by atoms with Gasteiger partial charge in [-0.3, -0.25) is 0 Å². The molecular weight excluding hydrogens is 321 g/mol. The fourth-order valence-corrected chi connectivity index (χ4v) is 5.39. The minimum atomic E-state index is -3.96. The highest BCUT2D eigenvalue weighted by Gasteiger charge is 2.43. The Hall–Kier alpha value is -1.02. The van der Waals surface area contributed by atoms with Crippen LogP contribution in [0.1, 0.15) is 24.8 Å². The molecule has 128 valence electrons. The summed E-state index contributed by atoms with van der Waals surface area (Å²) in [4.78, 5) is -0.295. The fourth-order valence-electron chi connectivity index (χ4n) is 3.60. The monoisotopic (exact) mass is 343 g/mol. The van der Waals surface area contributed by atoms with Crippen LogP contribution in [0, 0.1) is 18.7 Å². The maximum atomic E-state index is 14.1. The van der Waals surface area contributed by atoms with Gasteiger partial charge in [0.05, 0.1) is 25.4 Å². The van der Waals surface area contributed by atoms with Gasteiger partial charge in [0.15, 0.2) is 0 Å². The van der Waals surface area contributed by atoms with Gasteiger partial charge in [-0.2, -0.15) is 4.31 Å². The predicted octanol–water partition coefficient (Wildman–Crippen LogP) is 1.68. The Bertz CT molecular complexity index is 679. The quantitative estimate of drug-likeness (QED) is 0.907. The topological polar surface area (TPSA) is 66.8 Å². The molecule has 3 atom stereocenters. The van der Waals surface area contributed by atoms with Gasteiger partial charge in [-0.1, -0.05) is 12.5 Å². The summed E-state index contributed by atoms with van der Waals surface area (Å²) in [5.41, 5.74) is 0.690. The fraction of sp³-hybridized carbons (Fsp3) is 0.625. The van der Waals surface area contributed by atoms with Crippen LogP contribution in [0.3, 0.4) is 0 Å². The Morgan fingerprint density at radius 3 is 2.83 bits per heavy atom. The third-order valence-electron chi connectivity index (χ3n) is 4.81. The van der Waals surface area contributed by atoms with E-state index in [0.717, 1.165) is 12.8 Å². The largest absolute Gasteiger partial charge is 0.393 e. The lowest BCUT2D eigenvalue weighted by Gasteiger charge is -2.39. The average molecular weight is 343 g/mol. The number of morpholine rings is 1. The predicted molar refractivity (Wildman–Crippen MR) is 83.0 cm³/mol. The van der Waals surface area contributed by atoms with Crippen LogP contribution in [0.15, 0.2) is 23.1 Å². The second-order valence-electron chi connectivity index (χ2n) is 6.35. The molecule has 0 amide bonds. The maximum Gasteiger partial charge on any atom is 0.246 e. The van der Waals surface area contributed by atoms with E-state index >= 15 is 0 Å². The first-order valence-corrected chi connectivity index (χ1v) is 9.39. The van der Waals surface area contributed by atoms with Crippen LogP contribution >= 0.6 is 0 Å². The third-order valence-corrected chi connectivity index (χ3v) is 6.75. The molecule has 0 aromatic heterocycles. The summed E-state index contributed by atoms with van der Waals surface area (Å²) in [6.45, 7) is 2.44. The van der Waals surface area contributed by atoms with E-state index in [1.165, 1.54) is 16.4 Å². The van der Waals surface area contributed by atoms with Crippen molar-refractivity contribution < 1.29 is 22.7 Å². The van der Waals surface area contributed by atoms with Gasteiger partial charge in [0.2, 0.25) is 10.0 Å². The molecule has 3 rings (SSSR count). The van der Waals surface area contributed by atoms with Crippen molar-refractivity contribution in [1.82, 2.24) is 4.31 Å². The highest BCUT2D eigenvalue weighted by atomic mass is 32.2. The Kier molecular flexibility index (Phi) is 4.73. The number of aryl methyl sites for hydroxylation is 1. The van der Waals surface area contributed by atoms with Gasteiger partial charge in [-0.15, -0.1) is 0 Å². The van der Waals surface area contributed by atoms with Crippen LogP contribution in [0.2, 0.25) is 0 Å². The normalized spacial score (nSPS) is 29.8. The smallest absolute Gasteiger partial charge is 0.246 e. The van der Waals surface area contributed by atoms with Crippen LogP contribution in [-0.2, 0) is 14.8 Å². The summed E-state index contributed by atoms with van der Waals surface area (Å²) in [6, 6.07) is 3.65. The molecule has 1 aliphatic heterocycles. The molecule has 1 aromatic carbocycles. The van der Waals surface area contributed by atoms with E-state index in [2.05, 4.69) is 0 Å². The Balaban J connectivity index is 1.97. The van der Waals surface area contributed by atoms with Crippen LogP contribution in [0.25, 0.3) is 0 Å². The number of hydrogen-bond acceptors (Lipinski definition) is 4. The SMILES string of the molecule is Cc1ccc(F)c(S(=O)(=O)N2CCOCC2C2CCCC2O)c1. The number of aliphatic hydroxyl groups is 1. The zero-order chi connectivity index (χ0) is 16.6. The van der Waals surface area contributed by atoms with Gasteiger partial charge in [-0.25, -0.2) is 12.8 Å². The molecular formula is C16H22FNO4S. The van der Waals surface area contributed by atoms with Gasteiger partial charge in [-0.05, 0) is 37.5 Å². The number of ether oxygens (including phenoxy) is 1. The Morgan fingerprint density at radius 2 is 2.13 bits per heavy atom. The zero-order valence-corrected chi connectivity index (χ0v) is 13.9. The van der Waals surface area contributed by atoms with Crippen LogP contribution < -0.4 is 0 Å². The van der Waals surface area contributed by atoms with E-state index in [-0.39, 0.29) is 30.6 Å². The van der Waals surface area contributed by atoms with Crippen molar-refractivity contribution in [2.45, 2.75) is 43.2 Å². The van der Waals surface area contributed by atoms with Gasteiger partial charge >= 0.3 is 0 Å². The van der Waals surface area contributed by atoms with Crippen LogP contribution in [0.5, 0.6) is 0 Å². The summed E-state index contributed by atoms with van der Waals surface area (Å²) in [6.07, 6.45) is 1.78. The Labute approximate surface area is 136 Å². The molecule has 0 spiro atoms. The molecule has 2 aliphatic rings. The number of benzene rings is 1. The average Bonchev–Trinajstić information content (AvgIpc) is 2.95. The van der Waals surface area contributed by atoms with Crippen LogP contribution in [0.4, 0.5) is 4.39 Å². The number of sulfonamides is 1. The highest BCUT2D eigenvalue weighted by Crippen LogP contribution is 2.35. The number of nitrogens with zero attached hydrogens (tertiary/aromatic N) is 1. The molecule has 1 aromatic rings. The molecule has 0 bridgehead atoms. The summed E-state index contributed by atoms with van der Waals surface area (Å²) in [5, 5.41) is 10.1. The van der Waals surface area contributed by atoms with Gasteiger partial charge in [0, 0.05) is 12.5 Å². The van der Waals surface area contributed by atoms with Crippen molar-refractivity contribution >= 4 is 10.0 Å². The zero-order valence-electron chi connectivity index (χ0n) is 13.1. The first kappa shape index (κ1) is 16.8. The summed E-state index contributed by atoms with van der Waals surface area (Å²) < 4.78 is 46.9. The first-order valence-electron chi connectivity index (χ1n) is 7.95. The van der Waals surface area contributed by atoms with Gasteiger partial charge in [0.1, 0.15) is 10.7 Å². The number of halogens is 1. The summed E-state index contributed by atoms with van der Waals surface area (Å²) in [7, 11) is -3.96. The van der Waals surface area contributed by atoms with Crippen molar-refractivity contribution in [3.63, 3.8) is 0 Å². The minimum absolute atomic E-state index is 0.155. The van der Waals surface area contributed by atoms with Crippen molar-refractivity contribution in [3.8, 4) is 0 Å². The minimum Gasteiger partial charge on any atom is -0.393 e. The maximum absolute atomic E-state index is 14.1. The van der Waals surface area contributed by atoms with Gasteiger partial charge in [0.25, 0.3) is 0 Å². The van der Waals surface area contributed by atoms with Crippen LogP contribution in [-0.4, -0.2) is 49.7 Å². The molecule has 2 fully saturated rings. The summed E-state index contributed by atoms with van der Waals surface area (Å²) >= 11 is 0. The standard InChI is InChI=1S/C16H22FNO4S/c1-11-5-6-13(17)16(9-11)23(20,21)18-7-8-22-10-14(18)12-3-2-4-15(12)19/h5-6,9,12,14-15,19H,2-4,7-8,10H2,1H3. The lowest BCUT2D eigenvalue weighted by molar-refractivity contribution is -0.0148. The molecule has 1 saturated heterocycles. The molecule has 1 heterocycles. The molecule has 5 nitrogen and oxygen atoms in total.